The van der Waals surface area contributed by atoms with Crippen molar-refractivity contribution >= 4 is 0 Å². The molecule has 1 rings (SSSR count). The van der Waals surface area contributed by atoms with E-state index in [-0.39, 0.29) is 58.2 Å². The molecule has 0 saturated carbocycles. The summed E-state index contributed by atoms with van der Waals surface area (Å²) in [5.74, 6) is 0. The number of nitrogens with zero attached hydrogens (tertiary/aromatic N) is 1. The van der Waals surface area contributed by atoms with E-state index in [1.165, 1.54) is 11.1 Å². The van der Waals surface area contributed by atoms with Crippen LogP contribution in [0.4, 0.5) is 0 Å². The van der Waals surface area contributed by atoms with E-state index in [4.69, 9.17) is 0 Å². The molecule has 0 aromatic heterocycles. The van der Waals surface area contributed by atoms with E-state index in [2.05, 4.69) is 24.9 Å². The topological polar surface area (TPSA) is 14.1 Å². The van der Waals surface area contributed by atoms with Crippen LogP contribution in [0.15, 0.2) is 35.6 Å². The van der Waals surface area contributed by atoms with Gasteiger partial charge in [0, 0.05) is 0 Å². The van der Waals surface area contributed by atoms with Crippen LogP contribution in [-0.2, 0) is 0 Å². The van der Waals surface area contributed by atoms with Crippen molar-refractivity contribution < 1.29 is 58.2 Å². The van der Waals surface area contributed by atoms with Crippen molar-refractivity contribution in [2.24, 2.45) is 0 Å². The van der Waals surface area contributed by atoms with Crippen molar-refractivity contribution in [1.82, 2.24) is 0 Å². The van der Waals surface area contributed by atoms with Crippen molar-refractivity contribution in [1.29, 1.82) is 0 Å². The zero-order chi connectivity index (χ0) is 10.3. The molecule has 1 saturated heterocycles. The minimum absolute atomic E-state index is 0. The van der Waals surface area contributed by atoms with Crippen molar-refractivity contribution in [2.45, 2.75) is 34.1 Å². The third kappa shape index (κ3) is 5.06. The predicted octanol–water partition coefficient (Wildman–Crippen LogP) is 1.20. The maximum atomic E-state index is 4.36. The molecule has 1 nitrogen and oxygen atoms in total. The summed E-state index contributed by atoms with van der Waals surface area (Å²) in [6, 6.07) is 0. The third-order valence-electron chi connectivity index (χ3n) is 2.01. The van der Waals surface area contributed by atoms with Gasteiger partial charge in [0.15, 0.2) is 0 Å². The van der Waals surface area contributed by atoms with Crippen LogP contribution in [0.1, 0.15) is 34.1 Å². The van der Waals surface area contributed by atoms with Crippen molar-refractivity contribution in [2.75, 3.05) is 6.54 Å². The molecule has 0 aliphatic carbocycles. The molecule has 0 aromatic rings. The van der Waals surface area contributed by atoms with Gasteiger partial charge < -0.3 is 5.32 Å². The Morgan fingerprint density at radius 1 is 1.43 bits per heavy atom. The summed E-state index contributed by atoms with van der Waals surface area (Å²) in [5.41, 5.74) is 3.78. The van der Waals surface area contributed by atoms with Crippen LogP contribution >= 0.6 is 0 Å². The van der Waals surface area contributed by atoms with Crippen molar-refractivity contribution in [3.05, 3.63) is 40.9 Å². The molecule has 0 N–H and O–H groups in total. The van der Waals surface area contributed by atoms with Crippen LogP contribution in [0.5, 0.6) is 0 Å². The Labute approximate surface area is 138 Å². The smallest absolute Gasteiger partial charge is 0.684 e. The number of rotatable bonds is 1. The van der Waals surface area contributed by atoms with Crippen LogP contribution in [0.2, 0.25) is 0 Å². The zero-order valence-corrected chi connectivity index (χ0v) is 15.1. The van der Waals surface area contributed by atoms with E-state index in [0.29, 0.717) is 0 Å². The molecule has 1 heterocycles. The standard InChI is InChI=1S/C10H14N.C2H6.Rb/c1-4-8(3)9-6-7-11-10(9)5-2;1-2;/h4-5H,1,6-7H2,2-3H3;1-2H3;/q-1;;+1/b9-8-,10-5+;;. The normalized spacial score (nSPS) is 20.1. The zero-order valence-electron chi connectivity index (χ0n) is 10.2. The molecule has 0 spiro atoms. The first kappa shape index (κ1) is 17.2. The summed E-state index contributed by atoms with van der Waals surface area (Å²) in [4.78, 5) is 0. The number of hydrogen-bond acceptors (Lipinski definition) is 0. The third-order valence-corrected chi connectivity index (χ3v) is 2.01. The van der Waals surface area contributed by atoms with E-state index in [0.717, 1.165) is 18.7 Å². The van der Waals surface area contributed by atoms with E-state index in [1.54, 1.807) is 0 Å². The average Bonchev–Trinajstić information content (AvgIpc) is 2.67. The van der Waals surface area contributed by atoms with Crippen LogP contribution in [0, 0.1) is 0 Å². The second-order valence-corrected chi connectivity index (χ2v) is 2.67. The Morgan fingerprint density at radius 2 is 2.00 bits per heavy atom. The van der Waals surface area contributed by atoms with E-state index >= 15 is 0 Å². The Hall–Kier alpha value is 0.825. The molecule has 1 aliphatic heterocycles. The SMILES string of the molecule is C=C/C(C)=C1/CC[N-]/C1=C/C.CC.[Rb+]. The van der Waals surface area contributed by atoms with Crippen molar-refractivity contribution in [3.8, 4) is 0 Å². The minimum atomic E-state index is 0. The van der Waals surface area contributed by atoms with Gasteiger partial charge in [0.1, 0.15) is 0 Å². The maximum absolute atomic E-state index is 4.36. The summed E-state index contributed by atoms with van der Waals surface area (Å²) in [6.45, 7) is 12.8. The van der Waals surface area contributed by atoms with Gasteiger partial charge in [0.05, 0.1) is 0 Å². The first-order valence-corrected chi connectivity index (χ1v) is 4.96. The largest absolute Gasteiger partial charge is 1.00 e. The molecule has 0 atom stereocenters. The summed E-state index contributed by atoms with van der Waals surface area (Å²) < 4.78 is 0. The second-order valence-electron chi connectivity index (χ2n) is 2.67. The molecule has 0 radical (unpaired) electrons. The van der Waals surface area contributed by atoms with Gasteiger partial charge >= 0.3 is 58.2 Å². The molecule has 2 heteroatoms. The molecule has 0 aromatic carbocycles. The average molecular weight is 264 g/mol. The fourth-order valence-electron chi connectivity index (χ4n) is 1.30. The van der Waals surface area contributed by atoms with Crippen LogP contribution in [0.3, 0.4) is 0 Å². The van der Waals surface area contributed by atoms with E-state index in [9.17, 15) is 0 Å². The summed E-state index contributed by atoms with van der Waals surface area (Å²) in [5, 5.41) is 4.36. The Balaban J connectivity index is 0. The molecule has 1 fully saturated rings. The molecule has 0 amide bonds. The second kappa shape index (κ2) is 10.3. The van der Waals surface area contributed by atoms with Gasteiger partial charge in [0.25, 0.3) is 0 Å². The first-order chi connectivity index (χ1) is 6.29. The van der Waals surface area contributed by atoms with E-state index < -0.39 is 0 Å². The Kier molecular flexibility index (Phi) is 12.7. The molecule has 0 bridgehead atoms. The summed E-state index contributed by atoms with van der Waals surface area (Å²) >= 11 is 0. The van der Waals surface area contributed by atoms with Gasteiger partial charge in [-0.1, -0.05) is 32.1 Å². The van der Waals surface area contributed by atoms with Crippen LogP contribution in [-0.4, -0.2) is 6.54 Å². The van der Waals surface area contributed by atoms with Gasteiger partial charge in [-0.15, -0.1) is 18.3 Å². The fraction of sp³-hybridized carbons (Fsp3) is 0.500. The van der Waals surface area contributed by atoms with Gasteiger partial charge in [-0.25, -0.2) is 0 Å². The molecule has 74 valence electrons. The molecular weight excluding hydrogens is 244 g/mol. The van der Waals surface area contributed by atoms with Gasteiger partial charge in [-0.2, -0.15) is 0 Å². The van der Waals surface area contributed by atoms with Gasteiger partial charge in [0.2, 0.25) is 0 Å². The summed E-state index contributed by atoms with van der Waals surface area (Å²) in [6.07, 6.45) is 5.05. The van der Waals surface area contributed by atoms with Gasteiger partial charge in [-0.3, -0.25) is 0 Å². The predicted molar refractivity (Wildman–Crippen MR) is 60.8 cm³/mol. The van der Waals surface area contributed by atoms with Crippen molar-refractivity contribution in [3.63, 3.8) is 0 Å². The molecular formula is C12H20NRb. The molecule has 1 aliphatic rings. The van der Waals surface area contributed by atoms with E-state index in [1.807, 2.05) is 26.8 Å². The van der Waals surface area contributed by atoms with Crippen LogP contribution in [0.25, 0.3) is 5.32 Å². The van der Waals surface area contributed by atoms with Gasteiger partial charge in [-0.05, 0) is 25.8 Å². The Morgan fingerprint density at radius 3 is 2.43 bits per heavy atom. The molecule has 0 unspecified atom stereocenters. The maximum Gasteiger partial charge on any atom is 1.00 e. The number of allylic oxidation sites excluding steroid dienone is 4. The Bertz CT molecular complexity index is 226. The first-order valence-electron chi connectivity index (χ1n) is 4.96. The quantitative estimate of drug-likeness (QED) is 0.675. The summed E-state index contributed by atoms with van der Waals surface area (Å²) in [7, 11) is 0. The van der Waals surface area contributed by atoms with Crippen LogP contribution < -0.4 is 58.2 Å². The monoisotopic (exact) mass is 263 g/mol. The molecule has 14 heavy (non-hydrogen) atoms. The minimum Gasteiger partial charge on any atom is -0.684 e. The number of hydrogen-bond donors (Lipinski definition) is 0. The fourth-order valence-corrected chi connectivity index (χ4v) is 1.30.